The molecule has 0 bridgehead atoms. The van der Waals surface area contributed by atoms with E-state index in [1.807, 2.05) is 0 Å². The molecule has 0 spiro atoms. The minimum Gasteiger partial charge on any atom is -0.282 e. The van der Waals surface area contributed by atoms with E-state index in [-0.39, 0.29) is 0 Å². The van der Waals surface area contributed by atoms with Crippen LogP contribution in [0.25, 0.3) is 0 Å². The first kappa shape index (κ1) is 7.32. The monoisotopic (exact) mass is 138 g/mol. The third-order valence-electron chi connectivity index (χ3n) is 1.78. The number of hydrogen-bond donors (Lipinski definition) is 1. The molecule has 0 aliphatic heterocycles. The summed E-state index contributed by atoms with van der Waals surface area (Å²) in [6.07, 6.45) is 2.34. The molecule has 1 N–H and O–H groups in total. The molecule has 0 atom stereocenters. The van der Waals surface area contributed by atoms with E-state index in [4.69, 9.17) is 0 Å². The lowest BCUT2D eigenvalue weighted by atomic mass is 10.1. The fraction of sp³-hybridized carbons (Fsp3) is 0.625. The topological polar surface area (TPSA) is 28.7 Å². The zero-order valence-electron chi connectivity index (χ0n) is 6.86. The second-order valence-electron chi connectivity index (χ2n) is 2.66. The maximum Gasteiger partial charge on any atom is 0.0625 e. The highest BCUT2D eigenvalue weighted by atomic mass is 15.1. The summed E-state index contributed by atoms with van der Waals surface area (Å²) >= 11 is 0. The van der Waals surface area contributed by atoms with Gasteiger partial charge in [0.15, 0.2) is 0 Å². The molecule has 2 heteroatoms. The van der Waals surface area contributed by atoms with Crippen LogP contribution < -0.4 is 0 Å². The highest BCUT2D eigenvalue weighted by Crippen LogP contribution is 2.10. The Balaban J connectivity index is 2.87. The molecule has 0 unspecified atom stereocenters. The molecular formula is C8H14N2. The number of hydrogen-bond acceptors (Lipinski definition) is 1. The Hall–Kier alpha value is -0.790. The Morgan fingerprint density at radius 3 is 2.50 bits per heavy atom. The molecular weight excluding hydrogens is 124 g/mol. The molecule has 0 fully saturated rings. The number of nitrogens with one attached hydrogen (secondary N) is 1. The summed E-state index contributed by atoms with van der Waals surface area (Å²) in [5.74, 6) is 0. The maximum absolute atomic E-state index is 4.11. The third-order valence-corrected chi connectivity index (χ3v) is 1.78. The van der Waals surface area contributed by atoms with E-state index in [2.05, 4.69) is 31.0 Å². The van der Waals surface area contributed by atoms with E-state index in [9.17, 15) is 0 Å². The van der Waals surface area contributed by atoms with Gasteiger partial charge in [-0.1, -0.05) is 13.3 Å². The number of aromatic nitrogens is 2. The van der Waals surface area contributed by atoms with Crippen LogP contribution in [-0.4, -0.2) is 10.2 Å². The first-order valence-corrected chi connectivity index (χ1v) is 3.76. The van der Waals surface area contributed by atoms with Crippen molar-refractivity contribution in [2.45, 2.75) is 33.6 Å². The first-order valence-electron chi connectivity index (χ1n) is 3.76. The summed E-state index contributed by atoms with van der Waals surface area (Å²) in [7, 11) is 0. The van der Waals surface area contributed by atoms with E-state index in [0.717, 1.165) is 12.1 Å². The lowest BCUT2D eigenvalue weighted by Crippen LogP contribution is -1.86. The number of aromatic amines is 1. The molecule has 10 heavy (non-hydrogen) atoms. The van der Waals surface area contributed by atoms with Crippen molar-refractivity contribution in [1.29, 1.82) is 0 Å². The Morgan fingerprint density at radius 1 is 1.40 bits per heavy atom. The Labute approximate surface area is 61.7 Å². The highest BCUT2D eigenvalue weighted by molar-refractivity contribution is 5.22. The SMILES string of the molecule is CCCc1c(C)n[nH]c1C. The van der Waals surface area contributed by atoms with Gasteiger partial charge in [-0.05, 0) is 25.8 Å². The van der Waals surface area contributed by atoms with Crippen molar-refractivity contribution in [1.82, 2.24) is 10.2 Å². The number of aryl methyl sites for hydroxylation is 2. The van der Waals surface area contributed by atoms with E-state index < -0.39 is 0 Å². The predicted octanol–water partition coefficient (Wildman–Crippen LogP) is 1.98. The van der Waals surface area contributed by atoms with Gasteiger partial charge >= 0.3 is 0 Å². The Bertz CT molecular complexity index is 194. The van der Waals surface area contributed by atoms with Gasteiger partial charge in [0.05, 0.1) is 5.69 Å². The van der Waals surface area contributed by atoms with Gasteiger partial charge in [0.25, 0.3) is 0 Å². The minimum absolute atomic E-state index is 1.15. The molecule has 0 aliphatic carbocycles. The summed E-state index contributed by atoms with van der Waals surface area (Å²) in [6.45, 7) is 6.31. The zero-order valence-corrected chi connectivity index (χ0v) is 6.86. The second kappa shape index (κ2) is 2.86. The van der Waals surface area contributed by atoms with Crippen LogP contribution in [0.3, 0.4) is 0 Å². The molecule has 0 saturated heterocycles. The van der Waals surface area contributed by atoms with Crippen LogP contribution in [0, 0.1) is 13.8 Å². The van der Waals surface area contributed by atoms with Crippen molar-refractivity contribution in [2.75, 3.05) is 0 Å². The summed E-state index contributed by atoms with van der Waals surface area (Å²) in [5.41, 5.74) is 3.76. The van der Waals surface area contributed by atoms with E-state index in [0.29, 0.717) is 0 Å². The van der Waals surface area contributed by atoms with Crippen molar-refractivity contribution in [2.24, 2.45) is 0 Å². The van der Waals surface area contributed by atoms with E-state index >= 15 is 0 Å². The maximum atomic E-state index is 4.11. The number of rotatable bonds is 2. The molecule has 0 radical (unpaired) electrons. The van der Waals surface area contributed by atoms with Crippen molar-refractivity contribution in [3.8, 4) is 0 Å². The molecule has 0 aliphatic rings. The van der Waals surface area contributed by atoms with Gasteiger partial charge in [0, 0.05) is 5.69 Å². The largest absolute Gasteiger partial charge is 0.282 e. The fourth-order valence-corrected chi connectivity index (χ4v) is 1.19. The average molecular weight is 138 g/mol. The first-order chi connectivity index (χ1) is 4.75. The van der Waals surface area contributed by atoms with Crippen LogP contribution in [0.15, 0.2) is 0 Å². The van der Waals surface area contributed by atoms with Gasteiger partial charge in [-0.3, -0.25) is 5.10 Å². The molecule has 0 aromatic carbocycles. The third kappa shape index (κ3) is 1.20. The van der Waals surface area contributed by atoms with Crippen molar-refractivity contribution in [3.05, 3.63) is 17.0 Å². The number of H-pyrrole nitrogens is 1. The smallest absolute Gasteiger partial charge is 0.0625 e. The molecule has 0 amide bonds. The van der Waals surface area contributed by atoms with Gasteiger partial charge in [0.2, 0.25) is 0 Å². The van der Waals surface area contributed by atoms with Crippen LogP contribution >= 0.6 is 0 Å². The van der Waals surface area contributed by atoms with Crippen LogP contribution in [0.1, 0.15) is 30.3 Å². The zero-order chi connectivity index (χ0) is 7.56. The van der Waals surface area contributed by atoms with Crippen LogP contribution in [0.2, 0.25) is 0 Å². The molecule has 1 rings (SSSR count). The average Bonchev–Trinajstić information content (AvgIpc) is 2.20. The van der Waals surface area contributed by atoms with Gasteiger partial charge in [-0.2, -0.15) is 5.10 Å². The highest BCUT2D eigenvalue weighted by Gasteiger charge is 2.02. The van der Waals surface area contributed by atoms with Crippen LogP contribution in [0.4, 0.5) is 0 Å². The molecule has 0 saturated carbocycles. The van der Waals surface area contributed by atoms with Crippen LogP contribution in [-0.2, 0) is 6.42 Å². The van der Waals surface area contributed by atoms with Crippen molar-refractivity contribution < 1.29 is 0 Å². The van der Waals surface area contributed by atoms with Gasteiger partial charge in [0.1, 0.15) is 0 Å². The second-order valence-corrected chi connectivity index (χ2v) is 2.66. The predicted molar refractivity (Wildman–Crippen MR) is 42.1 cm³/mol. The van der Waals surface area contributed by atoms with Gasteiger partial charge < -0.3 is 0 Å². The fourth-order valence-electron chi connectivity index (χ4n) is 1.19. The molecule has 2 nitrogen and oxygen atoms in total. The minimum atomic E-state index is 1.15. The lowest BCUT2D eigenvalue weighted by Gasteiger charge is -1.95. The summed E-state index contributed by atoms with van der Waals surface area (Å²) in [5, 5.41) is 7.08. The summed E-state index contributed by atoms with van der Waals surface area (Å²) in [4.78, 5) is 0. The molecule has 1 aromatic heterocycles. The molecule has 1 heterocycles. The molecule has 1 aromatic rings. The normalized spacial score (nSPS) is 10.3. The van der Waals surface area contributed by atoms with Crippen molar-refractivity contribution >= 4 is 0 Å². The number of nitrogens with zero attached hydrogens (tertiary/aromatic N) is 1. The Morgan fingerprint density at radius 2 is 2.10 bits per heavy atom. The summed E-state index contributed by atoms with van der Waals surface area (Å²) < 4.78 is 0. The van der Waals surface area contributed by atoms with E-state index in [1.165, 1.54) is 17.7 Å². The summed E-state index contributed by atoms with van der Waals surface area (Å²) in [6, 6.07) is 0. The van der Waals surface area contributed by atoms with Crippen LogP contribution in [0.5, 0.6) is 0 Å². The standard InChI is InChI=1S/C8H14N2/c1-4-5-8-6(2)9-10-7(8)3/h4-5H2,1-3H3,(H,9,10). The molecule has 56 valence electrons. The lowest BCUT2D eigenvalue weighted by molar-refractivity contribution is 0.905. The Kier molecular flexibility index (Phi) is 2.10. The van der Waals surface area contributed by atoms with Crippen molar-refractivity contribution in [3.63, 3.8) is 0 Å². The quantitative estimate of drug-likeness (QED) is 0.665. The van der Waals surface area contributed by atoms with Gasteiger partial charge in [-0.15, -0.1) is 0 Å². The van der Waals surface area contributed by atoms with Gasteiger partial charge in [-0.25, -0.2) is 0 Å². The van der Waals surface area contributed by atoms with E-state index in [1.54, 1.807) is 0 Å².